The average Bonchev–Trinajstić information content (AvgIpc) is 3.59. The van der Waals surface area contributed by atoms with Crippen LogP contribution in [-0.4, -0.2) is 113 Å². The van der Waals surface area contributed by atoms with Crippen molar-refractivity contribution in [3.63, 3.8) is 0 Å². The summed E-state index contributed by atoms with van der Waals surface area (Å²) in [5, 5.41) is 9.42. The minimum absolute atomic E-state index is 0.0995. The van der Waals surface area contributed by atoms with E-state index in [1.165, 1.54) is 7.05 Å². The fourth-order valence-electron chi connectivity index (χ4n) is 10.1. The van der Waals surface area contributed by atoms with Crippen LogP contribution in [0, 0.1) is 11.3 Å². The molecule has 2 aromatic heterocycles. The third kappa shape index (κ3) is 8.05. The Labute approximate surface area is 364 Å². The van der Waals surface area contributed by atoms with E-state index in [0.29, 0.717) is 46.7 Å². The third-order valence-electron chi connectivity index (χ3n) is 13.4. The summed E-state index contributed by atoms with van der Waals surface area (Å²) in [5.74, 6) is 0.689. The fourth-order valence-corrected chi connectivity index (χ4v) is 10.2. The summed E-state index contributed by atoms with van der Waals surface area (Å²) in [5.41, 5.74) is 4.24. The van der Waals surface area contributed by atoms with Gasteiger partial charge < -0.3 is 39.5 Å². The van der Waals surface area contributed by atoms with Crippen LogP contribution in [0.4, 0.5) is 23.1 Å². The number of aromatic nitrogens is 3. The Morgan fingerprint density at radius 2 is 1.77 bits per heavy atom. The van der Waals surface area contributed by atoms with Crippen molar-refractivity contribution in [2.24, 2.45) is 11.3 Å². The first-order valence-electron chi connectivity index (χ1n) is 21.7. The monoisotopic (exact) mass is 864 g/mol. The Morgan fingerprint density at radius 1 is 1.00 bits per heavy atom. The van der Waals surface area contributed by atoms with E-state index in [2.05, 4.69) is 41.7 Å². The molecule has 3 N–H and O–H groups in total. The molecule has 0 bridgehead atoms. The smallest absolute Gasteiger partial charge is 0.293 e. The second kappa shape index (κ2) is 16.9. The first-order valence-corrected chi connectivity index (χ1v) is 22.1. The van der Waals surface area contributed by atoms with Crippen LogP contribution in [0.25, 0.3) is 10.9 Å². The summed E-state index contributed by atoms with van der Waals surface area (Å²) < 4.78 is 7.28. The summed E-state index contributed by atoms with van der Waals surface area (Å²) in [6, 6.07) is 12.5. The van der Waals surface area contributed by atoms with E-state index in [1.807, 2.05) is 44.2 Å². The average molecular weight is 865 g/mol. The Morgan fingerprint density at radius 3 is 2.50 bits per heavy atom. The summed E-state index contributed by atoms with van der Waals surface area (Å²) in [6.07, 6.45) is 6.54. The molecule has 0 aliphatic carbocycles. The van der Waals surface area contributed by atoms with Crippen LogP contribution in [0.1, 0.15) is 74.3 Å². The number of rotatable bonds is 11. The maximum absolute atomic E-state index is 13.4. The van der Waals surface area contributed by atoms with Gasteiger partial charge in [-0.25, -0.2) is 4.98 Å². The topological polar surface area (TPSA) is 174 Å². The predicted molar refractivity (Wildman–Crippen MR) is 236 cm³/mol. The van der Waals surface area contributed by atoms with Gasteiger partial charge in [0.1, 0.15) is 11.1 Å². The number of pyridine rings is 1. The molecule has 2 aromatic carbocycles. The van der Waals surface area contributed by atoms with E-state index < -0.39 is 6.04 Å². The quantitative estimate of drug-likeness (QED) is 0.181. The summed E-state index contributed by atoms with van der Waals surface area (Å²) >= 11 is 6.62. The highest BCUT2D eigenvalue weighted by Gasteiger charge is 2.46. The van der Waals surface area contributed by atoms with Crippen LogP contribution < -0.4 is 36.0 Å². The molecule has 5 aliphatic rings. The number of nitrogens with one attached hydrogen (secondary N) is 3. The number of piperidine rings is 3. The number of halogens is 1. The summed E-state index contributed by atoms with van der Waals surface area (Å²) in [7, 11) is 1.52. The maximum Gasteiger partial charge on any atom is 0.293 e. The van der Waals surface area contributed by atoms with E-state index >= 15 is 0 Å². The molecule has 7 heterocycles. The molecule has 0 saturated carbocycles. The lowest BCUT2D eigenvalue weighted by molar-refractivity contribution is -0.137. The van der Waals surface area contributed by atoms with Crippen molar-refractivity contribution in [3.8, 4) is 5.75 Å². The number of nitrogens with zero attached hydrogens (tertiary/aromatic N) is 7. The molecule has 17 heteroatoms. The number of likely N-dealkylation sites (tertiary alicyclic amines) is 1. The number of fused-ring (bicyclic) bond motifs is 2. The highest BCUT2D eigenvalue weighted by molar-refractivity contribution is 6.33. The van der Waals surface area contributed by atoms with E-state index in [0.717, 1.165) is 99.3 Å². The van der Waals surface area contributed by atoms with Crippen LogP contribution in [-0.2, 0) is 20.9 Å². The highest BCUT2D eigenvalue weighted by Crippen LogP contribution is 2.44. The number of carbonyl (C=O) groups is 4. The van der Waals surface area contributed by atoms with Crippen molar-refractivity contribution in [2.75, 3.05) is 74.6 Å². The van der Waals surface area contributed by atoms with Gasteiger partial charge >= 0.3 is 0 Å². The van der Waals surface area contributed by atoms with E-state index in [4.69, 9.17) is 21.3 Å². The second-order valence-corrected chi connectivity index (χ2v) is 18.2. The molecule has 5 aliphatic heterocycles. The lowest BCUT2D eigenvalue weighted by Crippen LogP contribution is -2.61. The Hall–Kier alpha value is -5.74. The molecular formula is C45H53ClN10O6. The van der Waals surface area contributed by atoms with Gasteiger partial charge in [-0.15, -0.1) is 0 Å². The Bertz CT molecular complexity index is 2490. The van der Waals surface area contributed by atoms with Crippen LogP contribution in [0.5, 0.6) is 5.75 Å². The van der Waals surface area contributed by atoms with Crippen LogP contribution in [0.15, 0.2) is 53.5 Å². The van der Waals surface area contributed by atoms with Crippen molar-refractivity contribution in [2.45, 2.75) is 71.0 Å². The number of imide groups is 1. The molecule has 4 fully saturated rings. The number of anilines is 4. The van der Waals surface area contributed by atoms with Gasteiger partial charge in [-0.3, -0.25) is 29.3 Å². The molecule has 4 aromatic rings. The minimum Gasteiger partial charge on any atom is -0.478 e. The number of carbonyl (C=O) groups excluding carboxylic acids is 4. The van der Waals surface area contributed by atoms with Crippen molar-refractivity contribution < 1.29 is 23.9 Å². The fraction of sp³-hybridized carbons (Fsp3) is 0.489. The molecule has 62 heavy (non-hydrogen) atoms. The molecule has 4 saturated heterocycles. The van der Waals surface area contributed by atoms with Crippen molar-refractivity contribution in [1.29, 1.82) is 0 Å². The zero-order valence-corrected chi connectivity index (χ0v) is 36.2. The van der Waals surface area contributed by atoms with E-state index in [1.54, 1.807) is 21.7 Å². The predicted octanol–water partition coefficient (Wildman–Crippen LogP) is 4.47. The van der Waals surface area contributed by atoms with Gasteiger partial charge in [0, 0.05) is 99.8 Å². The Balaban J connectivity index is 0.771. The molecule has 1 unspecified atom stereocenters. The third-order valence-corrected chi connectivity index (χ3v) is 13.7. The molecule has 326 valence electrons. The van der Waals surface area contributed by atoms with E-state index in [-0.39, 0.29) is 54.0 Å². The van der Waals surface area contributed by atoms with Crippen LogP contribution in [0.2, 0.25) is 5.02 Å². The lowest BCUT2D eigenvalue weighted by atomic mass is 9.71. The number of hydrogen-bond acceptors (Lipinski definition) is 12. The van der Waals surface area contributed by atoms with E-state index in [9.17, 15) is 24.0 Å². The first kappa shape index (κ1) is 41.6. The number of benzene rings is 2. The molecule has 1 atom stereocenters. The molecule has 16 nitrogen and oxygen atoms in total. The SMILES string of the molecule is CNC(=O)COc1cc2cc(Nc3nc(N4CCC(CN5CC6(CCN(c7cccc8c7CN(C7CCC(=O)NC7=O)C8=O)CC6)C5)CC4)ncc3Cl)ccc2n(C(C)C)c1=O. The standard InChI is InChI=1S/C45H53ClN10O6/c1-27(2)56-34-8-7-30(19-29(34)20-37(43(56)61)62-24-39(58)47-3)49-40-33(46)21-48-44(51-40)54-15-11-28(12-16-54)22-52-25-45(26-52)13-17-53(18-14-45)35-6-4-5-31-32(35)23-55(42(31)60)36-9-10-38(57)50-41(36)59/h4-8,19-21,27-28,36H,9-18,22-26H2,1-3H3,(H,47,58)(H,48,49,51)(H,50,57,59). The van der Waals surface area contributed by atoms with Gasteiger partial charge in [-0.05, 0) is 93.7 Å². The minimum atomic E-state index is -0.613. The van der Waals surface area contributed by atoms with Gasteiger partial charge in [0.25, 0.3) is 17.4 Å². The van der Waals surface area contributed by atoms with Crippen LogP contribution in [0.3, 0.4) is 0 Å². The lowest BCUT2D eigenvalue weighted by Gasteiger charge is -2.55. The zero-order valence-electron chi connectivity index (χ0n) is 35.4. The van der Waals surface area contributed by atoms with Crippen LogP contribution >= 0.6 is 11.6 Å². The largest absolute Gasteiger partial charge is 0.478 e. The molecule has 9 rings (SSSR count). The van der Waals surface area contributed by atoms with Crippen molar-refractivity contribution in [3.05, 3.63) is 75.2 Å². The van der Waals surface area contributed by atoms with Crippen molar-refractivity contribution in [1.82, 2.24) is 35.0 Å². The summed E-state index contributed by atoms with van der Waals surface area (Å²) in [6.45, 7) is 10.9. The van der Waals surface area contributed by atoms with Gasteiger partial charge in [0.15, 0.2) is 18.2 Å². The molecule has 0 radical (unpaired) electrons. The first-order chi connectivity index (χ1) is 29.9. The number of amides is 4. The zero-order chi connectivity index (χ0) is 43.3. The Kier molecular flexibility index (Phi) is 11.3. The molecular weight excluding hydrogens is 812 g/mol. The molecule has 4 amide bonds. The van der Waals surface area contributed by atoms with Crippen molar-refractivity contribution >= 4 is 69.3 Å². The maximum atomic E-state index is 13.4. The highest BCUT2D eigenvalue weighted by atomic mass is 35.5. The molecule has 1 spiro atoms. The second-order valence-electron chi connectivity index (χ2n) is 17.8. The number of ether oxygens (including phenoxy) is 1. The normalized spacial score (nSPS) is 20.4. The summed E-state index contributed by atoms with van der Waals surface area (Å²) in [4.78, 5) is 81.2. The number of hydrogen-bond donors (Lipinski definition) is 3. The van der Waals surface area contributed by atoms with Gasteiger partial charge in [-0.2, -0.15) is 4.98 Å². The van der Waals surface area contributed by atoms with Gasteiger partial charge in [-0.1, -0.05) is 17.7 Å². The van der Waals surface area contributed by atoms with Gasteiger partial charge in [0.05, 0.1) is 11.7 Å². The van der Waals surface area contributed by atoms with Gasteiger partial charge in [0.2, 0.25) is 17.8 Å². The number of likely N-dealkylation sites (N-methyl/N-ethyl adjacent to an activating group) is 1.